The van der Waals surface area contributed by atoms with E-state index in [0.29, 0.717) is 17.9 Å². The summed E-state index contributed by atoms with van der Waals surface area (Å²) in [6.07, 6.45) is 5.34. The van der Waals surface area contributed by atoms with Crippen LogP contribution in [0.5, 0.6) is 0 Å². The lowest BCUT2D eigenvalue weighted by molar-refractivity contribution is 0.755. The summed E-state index contributed by atoms with van der Waals surface area (Å²) >= 11 is 0. The van der Waals surface area contributed by atoms with E-state index in [0.717, 1.165) is 5.82 Å². The van der Waals surface area contributed by atoms with Gasteiger partial charge in [0.05, 0.1) is 12.1 Å². The fourth-order valence-corrected chi connectivity index (χ4v) is 1.75. The third-order valence-electron chi connectivity index (χ3n) is 2.74. The van der Waals surface area contributed by atoms with E-state index in [4.69, 9.17) is 11.1 Å². The first-order valence-electron chi connectivity index (χ1n) is 5.56. The Balaban J connectivity index is 2.26. The van der Waals surface area contributed by atoms with Gasteiger partial charge in [-0.3, -0.25) is 5.41 Å². The summed E-state index contributed by atoms with van der Waals surface area (Å²) in [6.45, 7) is 0.612. The first-order chi connectivity index (χ1) is 8.59. The molecular weight excluding hydrogens is 228 g/mol. The van der Waals surface area contributed by atoms with Gasteiger partial charge in [0, 0.05) is 32.7 Å². The Hall–Kier alpha value is -2.37. The molecule has 0 aromatic carbocycles. The Morgan fingerprint density at radius 1 is 1.44 bits per heavy atom. The van der Waals surface area contributed by atoms with Crippen LogP contribution in [0.3, 0.4) is 0 Å². The molecule has 0 radical (unpaired) electrons. The SMILES string of the molecule is CN(Cc1nccn1C)c1ncccc1C(=N)N. The number of hydrogen-bond donors (Lipinski definition) is 2. The third kappa shape index (κ3) is 2.32. The second-order valence-corrected chi connectivity index (χ2v) is 4.10. The van der Waals surface area contributed by atoms with Gasteiger partial charge in [0.15, 0.2) is 0 Å². The number of nitrogens with two attached hydrogens (primary N) is 1. The van der Waals surface area contributed by atoms with Crippen LogP contribution in [0, 0.1) is 5.41 Å². The highest BCUT2D eigenvalue weighted by Gasteiger charge is 2.12. The molecule has 2 aromatic rings. The second kappa shape index (κ2) is 4.87. The summed E-state index contributed by atoms with van der Waals surface area (Å²) in [5.74, 6) is 1.63. The van der Waals surface area contributed by atoms with E-state index in [9.17, 15) is 0 Å². The molecule has 0 aliphatic rings. The largest absolute Gasteiger partial charge is 0.384 e. The zero-order valence-corrected chi connectivity index (χ0v) is 10.5. The molecule has 2 heterocycles. The number of nitrogens with one attached hydrogen (secondary N) is 1. The highest BCUT2D eigenvalue weighted by atomic mass is 15.2. The van der Waals surface area contributed by atoms with Crippen molar-refractivity contribution >= 4 is 11.7 Å². The number of pyridine rings is 1. The number of amidine groups is 1. The van der Waals surface area contributed by atoms with Crippen LogP contribution in [0.25, 0.3) is 0 Å². The zero-order chi connectivity index (χ0) is 13.1. The van der Waals surface area contributed by atoms with Crippen molar-refractivity contribution in [1.82, 2.24) is 14.5 Å². The van der Waals surface area contributed by atoms with Gasteiger partial charge in [-0.25, -0.2) is 9.97 Å². The molecule has 0 bridgehead atoms. The van der Waals surface area contributed by atoms with Crippen LogP contribution in [0.2, 0.25) is 0 Å². The van der Waals surface area contributed by atoms with E-state index in [1.807, 2.05) is 29.8 Å². The molecule has 0 atom stereocenters. The monoisotopic (exact) mass is 244 g/mol. The number of nitrogen functional groups attached to an aromatic ring is 1. The van der Waals surface area contributed by atoms with E-state index >= 15 is 0 Å². The minimum absolute atomic E-state index is 0.0183. The molecule has 0 unspecified atom stereocenters. The van der Waals surface area contributed by atoms with Crippen molar-refractivity contribution in [3.8, 4) is 0 Å². The van der Waals surface area contributed by atoms with Crippen LogP contribution in [-0.4, -0.2) is 27.4 Å². The standard InChI is InChI=1S/C12H16N6/c1-17-7-6-15-10(17)8-18(2)12-9(11(13)14)4-3-5-16-12/h3-7H,8H2,1-2H3,(H3,13,14). The van der Waals surface area contributed by atoms with Crippen molar-refractivity contribution in [2.45, 2.75) is 6.54 Å². The molecule has 6 nitrogen and oxygen atoms in total. The van der Waals surface area contributed by atoms with Crippen LogP contribution in [0.4, 0.5) is 5.82 Å². The number of hydrogen-bond acceptors (Lipinski definition) is 4. The minimum Gasteiger partial charge on any atom is -0.384 e. The lowest BCUT2D eigenvalue weighted by Gasteiger charge is -2.20. The quantitative estimate of drug-likeness (QED) is 0.613. The third-order valence-corrected chi connectivity index (χ3v) is 2.74. The lowest BCUT2D eigenvalue weighted by Crippen LogP contribution is -2.24. The van der Waals surface area contributed by atoms with Gasteiger partial charge in [-0.2, -0.15) is 0 Å². The van der Waals surface area contributed by atoms with E-state index < -0.39 is 0 Å². The van der Waals surface area contributed by atoms with Gasteiger partial charge >= 0.3 is 0 Å². The van der Waals surface area contributed by atoms with Crippen LogP contribution in [-0.2, 0) is 13.6 Å². The molecule has 0 aliphatic heterocycles. The Morgan fingerprint density at radius 2 is 2.22 bits per heavy atom. The minimum atomic E-state index is 0.0183. The van der Waals surface area contributed by atoms with Gasteiger partial charge in [-0.1, -0.05) is 0 Å². The van der Waals surface area contributed by atoms with Crippen LogP contribution >= 0.6 is 0 Å². The summed E-state index contributed by atoms with van der Waals surface area (Å²) in [6, 6.07) is 3.56. The van der Waals surface area contributed by atoms with Gasteiger partial charge in [0.1, 0.15) is 17.5 Å². The molecule has 0 saturated heterocycles. The number of anilines is 1. The Bertz CT molecular complexity index is 559. The zero-order valence-electron chi connectivity index (χ0n) is 10.5. The maximum Gasteiger partial charge on any atom is 0.139 e. The molecule has 0 aliphatic carbocycles. The summed E-state index contributed by atoms with van der Waals surface area (Å²) in [5, 5.41) is 7.55. The van der Waals surface area contributed by atoms with E-state index in [2.05, 4.69) is 9.97 Å². The first kappa shape index (κ1) is 12.1. The Labute approximate surface area is 106 Å². The summed E-state index contributed by atoms with van der Waals surface area (Å²) < 4.78 is 1.95. The highest BCUT2D eigenvalue weighted by molar-refractivity contribution is 5.99. The van der Waals surface area contributed by atoms with Crippen molar-refractivity contribution in [1.29, 1.82) is 5.41 Å². The summed E-state index contributed by atoms with van der Waals surface area (Å²) in [7, 11) is 3.85. The molecule has 6 heteroatoms. The van der Waals surface area contributed by atoms with Crippen molar-refractivity contribution in [2.24, 2.45) is 12.8 Å². The number of aryl methyl sites for hydroxylation is 1. The highest BCUT2D eigenvalue weighted by Crippen LogP contribution is 2.16. The average Bonchev–Trinajstić information content (AvgIpc) is 2.75. The molecule has 18 heavy (non-hydrogen) atoms. The molecular formula is C12H16N6. The number of nitrogens with zero attached hydrogens (tertiary/aromatic N) is 4. The van der Waals surface area contributed by atoms with Crippen LogP contribution in [0.1, 0.15) is 11.4 Å². The predicted molar refractivity (Wildman–Crippen MR) is 70.6 cm³/mol. The van der Waals surface area contributed by atoms with Crippen molar-refractivity contribution in [2.75, 3.05) is 11.9 Å². The maximum absolute atomic E-state index is 7.55. The molecule has 2 rings (SSSR count). The number of aromatic nitrogens is 3. The van der Waals surface area contributed by atoms with E-state index in [1.54, 1.807) is 24.5 Å². The second-order valence-electron chi connectivity index (χ2n) is 4.10. The van der Waals surface area contributed by atoms with Gasteiger partial charge in [-0.05, 0) is 12.1 Å². The normalized spacial score (nSPS) is 10.3. The molecule has 0 amide bonds. The number of rotatable bonds is 4. The number of imidazole rings is 1. The van der Waals surface area contributed by atoms with Gasteiger partial charge in [0.25, 0.3) is 0 Å². The van der Waals surface area contributed by atoms with Crippen molar-refractivity contribution in [3.05, 3.63) is 42.1 Å². The molecule has 3 N–H and O–H groups in total. The van der Waals surface area contributed by atoms with Gasteiger partial charge < -0.3 is 15.2 Å². The molecule has 94 valence electrons. The summed E-state index contributed by atoms with van der Waals surface area (Å²) in [5.41, 5.74) is 6.18. The Kier molecular flexibility index (Phi) is 3.27. The van der Waals surface area contributed by atoms with Crippen LogP contribution < -0.4 is 10.6 Å². The molecule has 0 fully saturated rings. The fraction of sp³-hybridized carbons (Fsp3) is 0.250. The maximum atomic E-state index is 7.55. The molecule has 0 saturated carbocycles. The Morgan fingerprint density at radius 3 is 2.83 bits per heavy atom. The molecule has 2 aromatic heterocycles. The van der Waals surface area contributed by atoms with Crippen LogP contribution in [0.15, 0.2) is 30.7 Å². The molecule has 0 spiro atoms. The smallest absolute Gasteiger partial charge is 0.139 e. The summed E-state index contributed by atoms with van der Waals surface area (Å²) in [4.78, 5) is 10.5. The average molecular weight is 244 g/mol. The topological polar surface area (TPSA) is 83.8 Å². The fourth-order valence-electron chi connectivity index (χ4n) is 1.75. The first-order valence-corrected chi connectivity index (χ1v) is 5.56. The van der Waals surface area contributed by atoms with Crippen molar-refractivity contribution in [3.63, 3.8) is 0 Å². The predicted octanol–water partition coefficient (Wildman–Crippen LogP) is 0.736. The van der Waals surface area contributed by atoms with Crippen molar-refractivity contribution < 1.29 is 0 Å². The van der Waals surface area contributed by atoms with Gasteiger partial charge in [0.2, 0.25) is 0 Å². The van der Waals surface area contributed by atoms with E-state index in [1.165, 1.54) is 0 Å². The van der Waals surface area contributed by atoms with E-state index in [-0.39, 0.29) is 5.84 Å². The lowest BCUT2D eigenvalue weighted by atomic mass is 10.2. The van der Waals surface area contributed by atoms with Gasteiger partial charge in [-0.15, -0.1) is 0 Å².